The first-order chi connectivity index (χ1) is 10.6. The fraction of sp³-hybridized carbons (Fsp3) is 0.850. The first kappa shape index (κ1) is 25.3. The molecule has 0 heterocycles. The van der Waals surface area contributed by atoms with Crippen LogP contribution in [0.25, 0.3) is 0 Å². The summed E-state index contributed by atoms with van der Waals surface area (Å²) in [7, 11) is -1.13. The Labute approximate surface area is 152 Å². The van der Waals surface area contributed by atoms with E-state index in [1.54, 1.807) is 0 Å². The molecule has 0 fully saturated rings. The third-order valence-corrected chi connectivity index (χ3v) is 5.67. The number of thioether (sulfide) groups is 1. The van der Waals surface area contributed by atoms with Crippen molar-refractivity contribution in [3.8, 4) is 11.5 Å². The van der Waals surface area contributed by atoms with Crippen molar-refractivity contribution in [2.24, 2.45) is 0 Å². The molecule has 0 saturated carbocycles. The maximum atomic E-state index is 3.87. The maximum Gasteiger partial charge on any atom is 0.129 e. The Bertz CT molecular complexity index is 288. The topological polar surface area (TPSA) is 35.0 Å². The molecule has 23 heavy (non-hydrogen) atoms. The molecule has 0 rings (SSSR count). The number of hydrogen-bond donors (Lipinski definition) is 1. The fourth-order valence-electron chi connectivity index (χ4n) is 2.36. The lowest BCUT2D eigenvalue weighted by atomic mass is 10.1. The summed E-state index contributed by atoms with van der Waals surface area (Å²) < 4.78 is 0. The van der Waals surface area contributed by atoms with Gasteiger partial charge in [-0.25, -0.2) is 0 Å². The Morgan fingerprint density at radius 3 is 1.70 bits per heavy atom. The van der Waals surface area contributed by atoms with Gasteiger partial charge in [0.25, 0.3) is 0 Å². The van der Waals surface area contributed by atoms with E-state index >= 15 is 0 Å². The summed E-state index contributed by atoms with van der Waals surface area (Å²) in [4.78, 5) is 0. The third-order valence-electron chi connectivity index (χ3n) is 3.59. The first-order valence-corrected chi connectivity index (χ1v) is 14.1. The van der Waals surface area contributed by atoms with E-state index in [-0.39, 0.29) is 6.15 Å². The lowest BCUT2D eigenvalue weighted by molar-refractivity contribution is 0.559. The Balaban J connectivity index is 0. The van der Waals surface area contributed by atoms with Gasteiger partial charge < -0.3 is 6.15 Å². The highest BCUT2D eigenvalue weighted by Crippen LogP contribution is 2.13. The average molecular weight is 357 g/mol. The lowest BCUT2D eigenvalue weighted by Gasteiger charge is -2.04. The summed E-state index contributed by atoms with van der Waals surface area (Å²) in [5.41, 5.74) is 3.45. The van der Waals surface area contributed by atoms with Crippen LogP contribution >= 0.6 is 11.8 Å². The van der Waals surface area contributed by atoms with E-state index in [1.165, 1.54) is 75.7 Å². The van der Waals surface area contributed by atoms with Crippen LogP contribution in [0.4, 0.5) is 0 Å². The predicted molar refractivity (Wildman–Crippen MR) is 114 cm³/mol. The molecule has 137 valence electrons. The molecule has 0 amide bonds. The second-order valence-electron chi connectivity index (χ2n) is 7.30. The second-order valence-corrected chi connectivity index (χ2v) is 13.3. The molecule has 0 aromatic rings. The minimum Gasteiger partial charge on any atom is -0.344 e. The summed E-state index contributed by atoms with van der Waals surface area (Å²) >= 11 is 2.07. The van der Waals surface area contributed by atoms with Crippen molar-refractivity contribution in [2.75, 3.05) is 11.5 Å². The molecule has 0 atom stereocenters. The molecule has 0 bridgehead atoms. The van der Waals surface area contributed by atoms with Gasteiger partial charge in [-0.2, -0.15) is 11.8 Å². The van der Waals surface area contributed by atoms with Crippen molar-refractivity contribution in [1.82, 2.24) is 6.15 Å². The van der Waals surface area contributed by atoms with Crippen molar-refractivity contribution in [1.29, 1.82) is 0 Å². The minimum absolute atomic E-state index is 0. The van der Waals surface area contributed by atoms with E-state index in [0.717, 1.165) is 12.8 Å². The van der Waals surface area contributed by atoms with Gasteiger partial charge in [-0.1, -0.05) is 77.9 Å². The highest BCUT2D eigenvalue weighted by molar-refractivity contribution is 7.99. The van der Waals surface area contributed by atoms with Crippen LogP contribution < -0.4 is 6.15 Å². The van der Waals surface area contributed by atoms with Gasteiger partial charge in [-0.05, 0) is 30.8 Å². The summed E-state index contributed by atoms with van der Waals surface area (Å²) in [6.45, 7) is 10.8. The molecule has 3 N–H and O–H groups in total. The third kappa shape index (κ3) is 24.5. The van der Waals surface area contributed by atoms with Gasteiger partial charge in [-0.3, -0.25) is 0 Å². The Morgan fingerprint density at radius 2 is 1.22 bits per heavy atom. The van der Waals surface area contributed by atoms with Gasteiger partial charge in [0.05, 0.1) is 0 Å². The molecule has 1 radical (unpaired) electrons. The van der Waals surface area contributed by atoms with E-state index in [2.05, 4.69) is 49.8 Å². The van der Waals surface area contributed by atoms with Gasteiger partial charge in [0, 0.05) is 6.42 Å². The van der Waals surface area contributed by atoms with Crippen LogP contribution in [0.3, 0.4) is 0 Å². The highest BCUT2D eigenvalue weighted by Gasteiger charge is 2.06. The number of unbranched alkanes of at least 4 members (excludes halogenated alkanes) is 10. The molecule has 3 heteroatoms. The SMILES string of the molecule is N.[CH2]CCSCCCCCCCCCCCCC#C[Si](C)(C)C. The van der Waals surface area contributed by atoms with Crippen molar-refractivity contribution < 1.29 is 0 Å². The van der Waals surface area contributed by atoms with Crippen LogP contribution in [-0.4, -0.2) is 19.6 Å². The minimum atomic E-state index is -1.13. The molecular weight excluding hydrogens is 314 g/mol. The molecular formula is C20H42NSSi. The molecule has 0 unspecified atom stereocenters. The molecule has 1 nitrogen and oxygen atoms in total. The first-order valence-electron chi connectivity index (χ1n) is 9.43. The predicted octanol–water partition coefficient (Wildman–Crippen LogP) is 7.28. The van der Waals surface area contributed by atoms with Crippen molar-refractivity contribution in [3.63, 3.8) is 0 Å². The van der Waals surface area contributed by atoms with Crippen LogP contribution in [0.15, 0.2) is 0 Å². The van der Waals surface area contributed by atoms with Gasteiger partial charge in [0.15, 0.2) is 0 Å². The molecule has 0 aromatic carbocycles. The summed E-state index contributed by atoms with van der Waals surface area (Å²) in [6.07, 6.45) is 16.3. The molecule has 0 aliphatic rings. The maximum absolute atomic E-state index is 3.87. The zero-order valence-electron chi connectivity index (χ0n) is 16.2. The monoisotopic (exact) mass is 356 g/mol. The van der Waals surface area contributed by atoms with E-state index in [9.17, 15) is 0 Å². The van der Waals surface area contributed by atoms with Crippen LogP contribution in [-0.2, 0) is 0 Å². The Morgan fingerprint density at radius 1 is 0.739 bits per heavy atom. The number of hydrogen-bond acceptors (Lipinski definition) is 2. The van der Waals surface area contributed by atoms with E-state index in [1.807, 2.05) is 0 Å². The van der Waals surface area contributed by atoms with Crippen molar-refractivity contribution >= 4 is 19.8 Å². The van der Waals surface area contributed by atoms with Gasteiger partial charge >= 0.3 is 0 Å². The summed E-state index contributed by atoms with van der Waals surface area (Å²) in [5, 5.41) is 0. The van der Waals surface area contributed by atoms with Crippen LogP contribution in [0.2, 0.25) is 19.6 Å². The molecule has 0 spiro atoms. The standard InChI is InChI=1S/C20H39SSi.H3N/c1-5-18-21-19-16-14-12-10-8-6-7-9-11-13-15-17-20-22(2,3)4;/h1,5-16,18-19H2,2-4H3;1H3. The largest absolute Gasteiger partial charge is 0.344 e. The smallest absolute Gasteiger partial charge is 0.129 e. The molecule has 0 aliphatic heterocycles. The van der Waals surface area contributed by atoms with Gasteiger partial charge in [0.2, 0.25) is 0 Å². The molecule has 0 aromatic heterocycles. The fourth-order valence-corrected chi connectivity index (χ4v) is 3.84. The van der Waals surface area contributed by atoms with Gasteiger partial charge in [-0.15, -0.1) is 11.5 Å². The van der Waals surface area contributed by atoms with Crippen LogP contribution in [0.1, 0.15) is 77.0 Å². The Kier molecular flexibility index (Phi) is 20.3. The van der Waals surface area contributed by atoms with Crippen LogP contribution in [0.5, 0.6) is 0 Å². The van der Waals surface area contributed by atoms with E-state index in [0.29, 0.717) is 0 Å². The summed E-state index contributed by atoms with van der Waals surface area (Å²) in [6, 6.07) is 0. The highest BCUT2D eigenvalue weighted by atomic mass is 32.2. The van der Waals surface area contributed by atoms with Crippen LogP contribution in [0, 0.1) is 18.4 Å². The van der Waals surface area contributed by atoms with E-state index < -0.39 is 8.07 Å². The lowest BCUT2D eigenvalue weighted by Crippen LogP contribution is -2.16. The normalized spacial score (nSPS) is 10.8. The molecule has 0 aliphatic carbocycles. The average Bonchev–Trinajstić information content (AvgIpc) is 2.45. The van der Waals surface area contributed by atoms with Gasteiger partial charge in [0.1, 0.15) is 8.07 Å². The molecule has 0 saturated heterocycles. The van der Waals surface area contributed by atoms with Crippen molar-refractivity contribution in [2.45, 2.75) is 96.7 Å². The zero-order valence-corrected chi connectivity index (χ0v) is 18.0. The quantitative estimate of drug-likeness (QED) is 0.202. The zero-order chi connectivity index (χ0) is 16.5. The van der Waals surface area contributed by atoms with E-state index in [4.69, 9.17) is 0 Å². The second kappa shape index (κ2) is 18.4. The summed E-state index contributed by atoms with van der Waals surface area (Å²) in [5.74, 6) is 5.96. The van der Waals surface area contributed by atoms with Crippen molar-refractivity contribution in [3.05, 3.63) is 6.92 Å². The number of rotatable bonds is 14. The Hall–Kier alpha value is 0.0869.